The normalized spacial score (nSPS) is 12.6. The Morgan fingerprint density at radius 1 is 1.16 bits per heavy atom. The van der Waals surface area contributed by atoms with E-state index in [9.17, 15) is 14.0 Å². The minimum absolute atomic E-state index is 0.149. The van der Waals surface area contributed by atoms with E-state index in [0.29, 0.717) is 55.1 Å². The van der Waals surface area contributed by atoms with Crippen LogP contribution in [0.1, 0.15) is 35.8 Å². The molecule has 9 nitrogen and oxygen atoms in total. The number of hydrogen-bond acceptors (Lipinski definition) is 7. The van der Waals surface area contributed by atoms with E-state index < -0.39 is 17.9 Å². The van der Waals surface area contributed by atoms with E-state index in [0.717, 1.165) is 5.56 Å². The maximum absolute atomic E-state index is 14.3. The maximum Gasteiger partial charge on any atom is 0.309 e. The number of nitrogens with zero attached hydrogens (tertiary/aromatic N) is 2. The van der Waals surface area contributed by atoms with Crippen LogP contribution in [0.15, 0.2) is 48.7 Å². The number of H-pyrrole nitrogens is 1. The third kappa shape index (κ3) is 8.90. The first-order valence-corrected chi connectivity index (χ1v) is 12.9. The second-order valence-corrected chi connectivity index (χ2v) is 9.20. The average molecular weight is 546 g/mol. The van der Waals surface area contributed by atoms with Crippen molar-refractivity contribution in [2.75, 3.05) is 33.4 Å². The molecule has 0 spiro atoms. The van der Waals surface area contributed by atoms with Crippen LogP contribution in [0.25, 0.3) is 11.1 Å². The number of nitrogens with one attached hydrogen (secondary N) is 3. The van der Waals surface area contributed by atoms with E-state index in [1.807, 2.05) is 24.3 Å². The number of carbonyl (C=O) groups excluding carboxylic acids is 2. The van der Waals surface area contributed by atoms with Gasteiger partial charge >= 0.3 is 5.97 Å². The molecule has 0 saturated heterocycles. The van der Waals surface area contributed by atoms with Gasteiger partial charge in [-0.15, -0.1) is 0 Å². The lowest BCUT2D eigenvalue weighted by atomic mass is 9.91. The van der Waals surface area contributed by atoms with Crippen molar-refractivity contribution >= 4 is 23.5 Å². The molecule has 1 heterocycles. The molecule has 0 bridgehead atoms. The Morgan fingerprint density at radius 3 is 2.63 bits per heavy atom. The van der Waals surface area contributed by atoms with Crippen LogP contribution in [0.4, 0.5) is 4.39 Å². The molecule has 2 aromatic carbocycles. The summed E-state index contributed by atoms with van der Waals surface area (Å²) < 4.78 is 24.7. The molecule has 2 atom stereocenters. The number of halogens is 2. The highest BCUT2D eigenvalue weighted by atomic mass is 35.5. The number of ether oxygens (including phenoxy) is 2. The van der Waals surface area contributed by atoms with Gasteiger partial charge in [0.25, 0.3) is 5.91 Å². The van der Waals surface area contributed by atoms with Crippen molar-refractivity contribution in [3.8, 4) is 11.1 Å². The smallest absolute Gasteiger partial charge is 0.309 e. The second kappa shape index (κ2) is 15.2. The molecule has 0 radical (unpaired) electrons. The van der Waals surface area contributed by atoms with Gasteiger partial charge in [0.05, 0.1) is 25.3 Å². The first kappa shape index (κ1) is 29.2. The SMILES string of the molecule is CCOC(=O)[C@H](CCNCCOC)C[C@@H](Cc1ccc(-c2cc(Cl)ccc2F)cc1)NC(=O)c1cn[nH]n1. The molecule has 3 aromatic rings. The van der Waals surface area contributed by atoms with Crippen molar-refractivity contribution in [1.29, 1.82) is 0 Å². The van der Waals surface area contributed by atoms with Gasteiger partial charge in [-0.2, -0.15) is 15.4 Å². The quantitative estimate of drug-likeness (QED) is 0.196. The van der Waals surface area contributed by atoms with Crippen molar-refractivity contribution in [1.82, 2.24) is 26.0 Å². The number of rotatable bonds is 15. The topological polar surface area (TPSA) is 118 Å². The highest BCUT2D eigenvalue weighted by Crippen LogP contribution is 2.27. The summed E-state index contributed by atoms with van der Waals surface area (Å²) in [6.45, 7) is 3.86. The summed E-state index contributed by atoms with van der Waals surface area (Å²) in [6.07, 6.45) is 2.67. The van der Waals surface area contributed by atoms with Crippen LogP contribution < -0.4 is 10.6 Å². The molecule has 0 aliphatic rings. The summed E-state index contributed by atoms with van der Waals surface area (Å²) in [5, 5.41) is 16.7. The Balaban J connectivity index is 1.77. The number of aromatic amines is 1. The Hall–Kier alpha value is -3.34. The lowest BCUT2D eigenvalue weighted by Crippen LogP contribution is -2.40. The van der Waals surface area contributed by atoms with E-state index in [1.165, 1.54) is 18.3 Å². The zero-order chi connectivity index (χ0) is 27.3. The molecule has 0 saturated carbocycles. The van der Waals surface area contributed by atoms with E-state index in [1.54, 1.807) is 20.1 Å². The average Bonchev–Trinajstić information content (AvgIpc) is 3.45. The number of hydrogen-bond donors (Lipinski definition) is 3. The number of benzene rings is 2. The lowest BCUT2D eigenvalue weighted by molar-refractivity contribution is -0.148. The molecule has 204 valence electrons. The predicted molar refractivity (Wildman–Crippen MR) is 142 cm³/mol. The van der Waals surface area contributed by atoms with E-state index in [4.69, 9.17) is 21.1 Å². The van der Waals surface area contributed by atoms with Crippen LogP contribution in [0.3, 0.4) is 0 Å². The van der Waals surface area contributed by atoms with E-state index in [2.05, 4.69) is 26.0 Å². The van der Waals surface area contributed by atoms with Crippen molar-refractivity contribution in [3.63, 3.8) is 0 Å². The van der Waals surface area contributed by atoms with Crippen molar-refractivity contribution in [2.45, 2.75) is 32.2 Å². The maximum atomic E-state index is 14.3. The standard InChI is InChI=1S/C27H33ClFN5O4/c1-3-38-27(36)20(10-11-30-12-13-37-2)15-22(32-26(35)25-17-31-34-33-25)14-18-4-6-19(7-5-18)23-16-21(28)8-9-24(23)29/h4-9,16-17,20,22,30H,3,10-15H2,1-2H3,(H,32,35)(H,31,33,34)/t20-,22-/m1/s1. The number of esters is 1. The molecular weight excluding hydrogens is 513 g/mol. The first-order chi connectivity index (χ1) is 18.4. The minimum Gasteiger partial charge on any atom is -0.466 e. The lowest BCUT2D eigenvalue weighted by Gasteiger charge is -2.24. The van der Waals surface area contributed by atoms with Gasteiger partial charge in [-0.3, -0.25) is 9.59 Å². The summed E-state index contributed by atoms with van der Waals surface area (Å²) in [4.78, 5) is 25.6. The third-order valence-electron chi connectivity index (χ3n) is 6.00. The molecule has 0 unspecified atom stereocenters. The molecule has 0 aliphatic carbocycles. The largest absolute Gasteiger partial charge is 0.466 e. The van der Waals surface area contributed by atoms with Crippen molar-refractivity contribution in [3.05, 3.63) is 70.8 Å². The highest BCUT2D eigenvalue weighted by molar-refractivity contribution is 6.30. The van der Waals surface area contributed by atoms with Crippen LogP contribution in [0, 0.1) is 11.7 Å². The molecule has 11 heteroatoms. The summed E-state index contributed by atoms with van der Waals surface area (Å²) in [5.74, 6) is -1.51. The van der Waals surface area contributed by atoms with Gasteiger partial charge in [0, 0.05) is 30.3 Å². The highest BCUT2D eigenvalue weighted by Gasteiger charge is 2.26. The number of methoxy groups -OCH3 is 1. The summed E-state index contributed by atoms with van der Waals surface area (Å²) in [7, 11) is 1.63. The fourth-order valence-electron chi connectivity index (χ4n) is 4.10. The minimum atomic E-state index is -0.438. The van der Waals surface area contributed by atoms with Crippen LogP contribution in [0.2, 0.25) is 5.02 Å². The Bertz CT molecular complexity index is 1160. The summed E-state index contributed by atoms with van der Waals surface area (Å²) in [5.41, 5.74) is 2.14. The fraction of sp³-hybridized carbons (Fsp3) is 0.407. The zero-order valence-corrected chi connectivity index (χ0v) is 22.3. The zero-order valence-electron chi connectivity index (χ0n) is 21.5. The van der Waals surface area contributed by atoms with E-state index in [-0.39, 0.29) is 24.1 Å². The Kier molecular flexibility index (Phi) is 11.7. The Labute approximate surface area is 226 Å². The van der Waals surface area contributed by atoms with Gasteiger partial charge in [0.1, 0.15) is 5.82 Å². The molecule has 0 fully saturated rings. The monoisotopic (exact) mass is 545 g/mol. The predicted octanol–water partition coefficient (Wildman–Crippen LogP) is 3.80. The van der Waals surface area contributed by atoms with Gasteiger partial charge in [0.15, 0.2) is 5.69 Å². The fourth-order valence-corrected chi connectivity index (χ4v) is 4.27. The first-order valence-electron chi connectivity index (χ1n) is 12.5. The molecular formula is C27H33ClFN5O4. The number of carbonyl (C=O) groups is 2. The van der Waals surface area contributed by atoms with Gasteiger partial charge in [0.2, 0.25) is 0 Å². The van der Waals surface area contributed by atoms with Gasteiger partial charge < -0.3 is 20.1 Å². The van der Waals surface area contributed by atoms with Crippen LogP contribution in [0.5, 0.6) is 0 Å². The molecule has 1 amide bonds. The molecule has 0 aliphatic heterocycles. The number of amides is 1. The molecule has 1 aromatic heterocycles. The van der Waals surface area contributed by atoms with Crippen LogP contribution >= 0.6 is 11.6 Å². The van der Waals surface area contributed by atoms with Crippen molar-refractivity contribution in [2.24, 2.45) is 5.92 Å². The summed E-state index contributed by atoms with van der Waals surface area (Å²) in [6, 6.07) is 11.4. The van der Waals surface area contributed by atoms with Gasteiger partial charge in [-0.25, -0.2) is 4.39 Å². The summed E-state index contributed by atoms with van der Waals surface area (Å²) >= 11 is 6.05. The molecule has 3 N–H and O–H groups in total. The molecule has 38 heavy (non-hydrogen) atoms. The van der Waals surface area contributed by atoms with Crippen molar-refractivity contribution < 1.29 is 23.5 Å². The van der Waals surface area contributed by atoms with Crippen LogP contribution in [-0.2, 0) is 20.7 Å². The number of aromatic nitrogens is 3. The second-order valence-electron chi connectivity index (χ2n) is 8.77. The van der Waals surface area contributed by atoms with Crippen LogP contribution in [-0.4, -0.2) is 66.7 Å². The van der Waals surface area contributed by atoms with E-state index >= 15 is 0 Å². The van der Waals surface area contributed by atoms with Gasteiger partial charge in [-0.1, -0.05) is 35.9 Å². The Morgan fingerprint density at radius 2 is 1.95 bits per heavy atom. The third-order valence-corrected chi connectivity index (χ3v) is 6.23. The molecule has 3 rings (SSSR count). The van der Waals surface area contributed by atoms with Gasteiger partial charge in [-0.05, 0) is 62.1 Å².